The molecule has 0 bridgehead atoms. The summed E-state index contributed by atoms with van der Waals surface area (Å²) in [6.45, 7) is 10.7. The molecule has 0 fully saturated rings. The molecule has 94 valence electrons. The molecule has 0 rings (SSSR count). The van der Waals surface area contributed by atoms with Crippen LogP contribution in [0.4, 0.5) is 0 Å². The highest BCUT2D eigenvalue weighted by Gasteiger charge is 2.25. The van der Waals surface area contributed by atoms with Crippen molar-refractivity contribution in [2.75, 3.05) is 19.6 Å². The molecule has 0 unspecified atom stereocenters. The van der Waals surface area contributed by atoms with Crippen molar-refractivity contribution < 1.29 is 5.11 Å². The first-order valence-corrected chi connectivity index (χ1v) is 6.29. The SMILES string of the molecule is CCC(O)(CC)CN(CCC#N)CC(C)C. The first kappa shape index (κ1) is 15.4. The maximum absolute atomic E-state index is 10.3. The second kappa shape index (κ2) is 7.65. The zero-order valence-electron chi connectivity index (χ0n) is 11.2. The second-order valence-corrected chi connectivity index (χ2v) is 4.97. The summed E-state index contributed by atoms with van der Waals surface area (Å²) >= 11 is 0. The molecular formula is C13H26N2O. The normalized spacial score (nSPS) is 12.1. The fourth-order valence-corrected chi connectivity index (χ4v) is 1.85. The average Bonchev–Trinajstić information content (AvgIpc) is 2.25. The van der Waals surface area contributed by atoms with Gasteiger partial charge >= 0.3 is 0 Å². The van der Waals surface area contributed by atoms with Gasteiger partial charge in [0.25, 0.3) is 0 Å². The first-order chi connectivity index (χ1) is 7.47. The molecule has 0 saturated carbocycles. The Kier molecular flexibility index (Phi) is 7.36. The van der Waals surface area contributed by atoms with Crippen LogP contribution in [0.5, 0.6) is 0 Å². The van der Waals surface area contributed by atoms with Crippen LogP contribution in [0.15, 0.2) is 0 Å². The molecule has 0 amide bonds. The Balaban J connectivity index is 4.34. The van der Waals surface area contributed by atoms with Gasteiger partial charge in [-0.05, 0) is 18.8 Å². The van der Waals surface area contributed by atoms with Gasteiger partial charge in [0.2, 0.25) is 0 Å². The molecule has 0 atom stereocenters. The van der Waals surface area contributed by atoms with Crippen molar-refractivity contribution in [1.82, 2.24) is 4.90 Å². The molecule has 0 aliphatic carbocycles. The van der Waals surface area contributed by atoms with Crippen LogP contribution in [0.2, 0.25) is 0 Å². The summed E-state index contributed by atoms with van der Waals surface area (Å²) in [5, 5.41) is 18.9. The zero-order valence-corrected chi connectivity index (χ0v) is 11.2. The van der Waals surface area contributed by atoms with E-state index in [0.29, 0.717) is 18.9 Å². The molecule has 3 nitrogen and oxygen atoms in total. The lowest BCUT2D eigenvalue weighted by atomic mass is 9.96. The number of hydrogen-bond acceptors (Lipinski definition) is 3. The average molecular weight is 226 g/mol. The molecule has 0 heterocycles. The van der Waals surface area contributed by atoms with E-state index in [1.54, 1.807) is 0 Å². The Labute approximate surface area is 100 Å². The third-order valence-electron chi connectivity index (χ3n) is 3.00. The largest absolute Gasteiger partial charge is 0.389 e. The molecule has 1 N–H and O–H groups in total. The maximum atomic E-state index is 10.3. The van der Waals surface area contributed by atoms with Crippen molar-refractivity contribution in [1.29, 1.82) is 5.26 Å². The van der Waals surface area contributed by atoms with Crippen molar-refractivity contribution >= 4 is 0 Å². The van der Waals surface area contributed by atoms with Crippen LogP contribution in [0.25, 0.3) is 0 Å². The minimum atomic E-state index is -0.593. The molecule has 16 heavy (non-hydrogen) atoms. The smallest absolute Gasteiger partial charge is 0.0768 e. The highest BCUT2D eigenvalue weighted by Crippen LogP contribution is 2.17. The summed E-state index contributed by atoms with van der Waals surface area (Å²) in [6.07, 6.45) is 2.07. The highest BCUT2D eigenvalue weighted by molar-refractivity contribution is 4.82. The molecule has 0 aliphatic rings. The monoisotopic (exact) mass is 226 g/mol. The Hall–Kier alpha value is -0.590. The fraction of sp³-hybridized carbons (Fsp3) is 0.923. The minimum Gasteiger partial charge on any atom is -0.389 e. The summed E-state index contributed by atoms with van der Waals surface area (Å²) in [5.41, 5.74) is -0.593. The second-order valence-electron chi connectivity index (χ2n) is 4.97. The summed E-state index contributed by atoms with van der Waals surface area (Å²) < 4.78 is 0. The molecule has 0 saturated heterocycles. The van der Waals surface area contributed by atoms with Gasteiger partial charge in [0.15, 0.2) is 0 Å². The van der Waals surface area contributed by atoms with Crippen molar-refractivity contribution in [3.8, 4) is 6.07 Å². The lowest BCUT2D eigenvalue weighted by Crippen LogP contribution is -2.44. The van der Waals surface area contributed by atoms with Crippen LogP contribution in [0.3, 0.4) is 0 Å². The molecule has 3 heteroatoms. The summed E-state index contributed by atoms with van der Waals surface area (Å²) in [5.74, 6) is 0.566. The number of hydrogen-bond donors (Lipinski definition) is 1. The molecule has 0 aromatic carbocycles. The van der Waals surface area contributed by atoms with Crippen molar-refractivity contribution in [2.24, 2.45) is 5.92 Å². The van der Waals surface area contributed by atoms with E-state index in [1.807, 2.05) is 13.8 Å². The van der Waals surface area contributed by atoms with Crippen LogP contribution in [0.1, 0.15) is 47.0 Å². The van der Waals surface area contributed by atoms with Crippen molar-refractivity contribution in [3.05, 3.63) is 0 Å². The van der Waals surface area contributed by atoms with Gasteiger partial charge in [0, 0.05) is 26.1 Å². The Bertz CT molecular complexity index is 216. The third-order valence-corrected chi connectivity index (χ3v) is 3.00. The van der Waals surface area contributed by atoms with Gasteiger partial charge in [-0.2, -0.15) is 5.26 Å². The van der Waals surface area contributed by atoms with E-state index in [2.05, 4.69) is 24.8 Å². The lowest BCUT2D eigenvalue weighted by molar-refractivity contribution is -0.00546. The van der Waals surface area contributed by atoms with Crippen molar-refractivity contribution in [3.63, 3.8) is 0 Å². The Morgan fingerprint density at radius 1 is 1.31 bits per heavy atom. The van der Waals surface area contributed by atoms with E-state index < -0.39 is 5.60 Å². The Morgan fingerprint density at radius 2 is 1.88 bits per heavy atom. The van der Waals surface area contributed by atoms with Crippen LogP contribution in [-0.4, -0.2) is 35.2 Å². The fourth-order valence-electron chi connectivity index (χ4n) is 1.85. The quantitative estimate of drug-likeness (QED) is 0.691. The van der Waals surface area contributed by atoms with Crippen LogP contribution >= 0.6 is 0 Å². The number of rotatable bonds is 8. The summed E-state index contributed by atoms with van der Waals surface area (Å²) in [6, 6.07) is 2.17. The predicted octanol–water partition coefficient (Wildman–Crippen LogP) is 2.41. The molecule has 0 spiro atoms. The topological polar surface area (TPSA) is 47.3 Å². The third kappa shape index (κ3) is 6.09. The predicted molar refractivity (Wildman–Crippen MR) is 67.0 cm³/mol. The van der Waals surface area contributed by atoms with Crippen LogP contribution in [-0.2, 0) is 0 Å². The lowest BCUT2D eigenvalue weighted by Gasteiger charge is -2.33. The van der Waals surface area contributed by atoms with E-state index in [4.69, 9.17) is 5.26 Å². The number of nitrogens with zero attached hydrogens (tertiary/aromatic N) is 2. The van der Waals surface area contributed by atoms with E-state index >= 15 is 0 Å². The maximum Gasteiger partial charge on any atom is 0.0768 e. The van der Waals surface area contributed by atoms with Crippen molar-refractivity contribution in [2.45, 2.75) is 52.6 Å². The van der Waals surface area contributed by atoms with Gasteiger partial charge < -0.3 is 5.11 Å². The van der Waals surface area contributed by atoms with Gasteiger partial charge in [-0.3, -0.25) is 4.90 Å². The number of aliphatic hydroxyl groups is 1. The standard InChI is InChI=1S/C13H26N2O/c1-5-13(16,6-2)11-15(9-7-8-14)10-12(3)4/h12,16H,5-7,9-11H2,1-4H3. The molecule has 0 aromatic heterocycles. The Morgan fingerprint density at radius 3 is 2.25 bits per heavy atom. The first-order valence-electron chi connectivity index (χ1n) is 6.29. The van der Waals surface area contributed by atoms with Gasteiger partial charge in [0.05, 0.1) is 11.7 Å². The summed E-state index contributed by atoms with van der Waals surface area (Å²) in [4.78, 5) is 2.21. The molecule has 0 aromatic rings. The highest BCUT2D eigenvalue weighted by atomic mass is 16.3. The number of nitriles is 1. The van der Waals surface area contributed by atoms with Crippen LogP contribution < -0.4 is 0 Å². The molecular weight excluding hydrogens is 200 g/mol. The molecule has 0 aliphatic heterocycles. The summed E-state index contributed by atoms with van der Waals surface area (Å²) in [7, 11) is 0. The molecule has 0 radical (unpaired) electrons. The van der Waals surface area contributed by atoms with Crippen LogP contribution in [0, 0.1) is 17.2 Å². The van der Waals surface area contributed by atoms with E-state index in [0.717, 1.165) is 25.9 Å². The van der Waals surface area contributed by atoms with Gasteiger partial charge in [-0.25, -0.2) is 0 Å². The minimum absolute atomic E-state index is 0.538. The van der Waals surface area contributed by atoms with Gasteiger partial charge in [0.1, 0.15) is 0 Å². The van der Waals surface area contributed by atoms with E-state index in [9.17, 15) is 5.11 Å². The van der Waals surface area contributed by atoms with Gasteiger partial charge in [-0.15, -0.1) is 0 Å². The van der Waals surface area contributed by atoms with E-state index in [-0.39, 0.29) is 0 Å². The van der Waals surface area contributed by atoms with E-state index in [1.165, 1.54) is 0 Å². The van der Waals surface area contributed by atoms with Gasteiger partial charge in [-0.1, -0.05) is 27.7 Å². The zero-order chi connectivity index (χ0) is 12.6.